The number of nitrogens with zero attached hydrogens (tertiary/aromatic N) is 1. The van der Waals surface area contributed by atoms with Crippen LogP contribution in [0.3, 0.4) is 0 Å². The first-order valence-electron chi connectivity index (χ1n) is 2.23. The summed E-state index contributed by atoms with van der Waals surface area (Å²) in [5, 5.41) is 10.9. The first-order valence-corrected chi connectivity index (χ1v) is 3.40. The van der Waals surface area contributed by atoms with Crippen molar-refractivity contribution in [3.8, 4) is 0 Å². The van der Waals surface area contributed by atoms with E-state index in [0.717, 1.165) is 0 Å². The predicted molar refractivity (Wildman–Crippen MR) is 38.1 cm³/mol. The summed E-state index contributed by atoms with van der Waals surface area (Å²) in [4.78, 5) is 0. The Bertz CT molecular complexity index is 178. The molecule has 1 rings (SSSR count). The second kappa shape index (κ2) is 2.54. The maximum Gasteiger partial charge on any atom is 0.199 e. The van der Waals surface area contributed by atoms with E-state index in [-0.39, 0.29) is 0 Å². The Morgan fingerprint density at radius 2 is 2.22 bits per heavy atom. The van der Waals surface area contributed by atoms with Gasteiger partial charge in [0.2, 0.25) is 0 Å². The summed E-state index contributed by atoms with van der Waals surface area (Å²) in [7, 11) is 0. The van der Waals surface area contributed by atoms with Gasteiger partial charge in [-0.2, -0.15) is 4.73 Å². The lowest BCUT2D eigenvalue weighted by molar-refractivity contribution is -0.605. The molecule has 0 fully saturated rings. The Balaban J connectivity index is 3.17. The molecule has 1 heterocycles. The molecule has 4 heteroatoms. The summed E-state index contributed by atoms with van der Waals surface area (Å²) in [5.41, 5.74) is 0. The molecular formula is C5H3BrClNO. The Morgan fingerprint density at radius 1 is 1.56 bits per heavy atom. The molecule has 9 heavy (non-hydrogen) atoms. The minimum atomic E-state index is 0.430. The first-order chi connectivity index (χ1) is 4.18. The zero-order valence-electron chi connectivity index (χ0n) is 4.34. The zero-order chi connectivity index (χ0) is 6.85. The molecule has 0 amide bonds. The second-order valence-corrected chi connectivity index (χ2v) is 2.88. The van der Waals surface area contributed by atoms with Crippen LogP contribution in [0, 0.1) is 5.21 Å². The van der Waals surface area contributed by atoms with Crippen LogP contribution in [-0.2, 0) is 0 Å². The molecule has 0 aromatic carbocycles. The molecule has 0 radical (unpaired) electrons. The molecular weight excluding hydrogens is 205 g/mol. The number of aromatic nitrogens is 1. The van der Waals surface area contributed by atoms with Crippen molar-refractivity contribution in [1.29, 1.82) is 0 Å². The van der Waals surface area contributed by atoms with Crippen LogP contribution in [0.2, 0.25) is 5.02 Å². The summed E-state index contributed by atoms with van der Waals surface area (Å²) < 4.78 is 1.33. The highest BCUT2D eigenvalue weighted by Gasteiger charge is 1.95. The lowest BCUT2D eigenvalue weighted by Gasteiger charge is -1.94. The second-order valence-electron chi connectivity index (χ2n) is 1.53. The van der Waals surface area contributed by atoms with Crippen molar-refractivity contribution in [1.82, 2.24) is 0 Å². The highest BCUT2D eigenvalue weighted by molar-refractivity contribution is 9.10. The van der Waals surface area contributed by atoms with Gasteiger partial charge in [-0.1, -0.05) is 11.6 Å². The average Bonchev–Trinajstić information content (AvgIpc) is 1.59. The van der Waals surface area contributed by atoms with Crippen molar-refractivity contribution in [3.63, 3.8) is 0 Å². The van der Waals surface area contributed by atoms with E-state index in [1.807, 2.05) is 0 Å². The molecule has 0 aliphatic heterocycles. The average molecular weight is 208 g/mol. The smallest absolute Gasteiger partial charge is 0.199 e. The van der Waals surface area contributed by atoms with Crippen LogP contribution < -0.4 is 4.73 Å². The van der Waals surface area contributed by atoms with E-state index in [2.05, 4.69) is 15.9 Å². The highest BCUT2D eigenvalue weighted by Crippen LogP contribution is 2.11. The summed E-state index contributed by atoms with van der Waals surface area (Å²) in [6.07, 6.45) is 2.66. The molecule has 0 saturated heterocycles. The third-order valence-corrected chi connectivity index (χ3v) is 1.42. The molecule has 0 aliphatic rings. The van der Waals surface area contributed by atoms with E-state index in [4.69, 9.17) is 11.6 Å². The van der Waals surface area contributed by atoms with Gasteiger partial charge in [-0.15, -0.1) is 0 Å². The minimum Gasteiger partial charge on any atom is -0.619 e. The van der Waals surface area contributed by atoms with E-state index < -0.39 is 0 Å². The lowest BCUT2D eigenvalue weighted by Crippen LogP contribution is -2.24. The third-order valence-electron chi connectivity index (χ3n) is 0.777. The van der Waals surface area contributed by atoms with E-state index in [0.29, 0.717) is 14.2 Å². The van der Waals surface area contributed by atoms with Gasteiger partial charge in [-0.25, -0.2) is 0 Å². The Morgan fingerprint density at radius 3 is 2.67 bits per heavy atom. The van der Waals surface area contributed by atoms with Gasteiger partial charge in [-0.3, -0.25) is 0 Å². The number of pyridine rings is 1. The Kier molecular flexibility index (Phi) is 1.93. The number of rotatable bonds is 0. The van der Waals surface area contributed by atoms with Crippen molar-refractivity contribution in [2.24, 2.45) is 0 Å². The normalized spacial score (nSPS) is 9.56. The van der Waals surface area contributed by atoms with Gasteiger partial charge < -0.3 is 5.21 Å². The fourth-order valence-electron chi connectivity index (χ4n) is 0.487. The topological polar surface area (TPSA) is 26.9 Å². The molecule has 0 bridgehead atoms. The zero-order valence-corrected chi connectivity index (χ0v) is 6.69. The van der Waals surface area contributed by atoms with Gasteiger partial charge in [0.15, 0.2) is 12.4 Å². The summed E-state index contributed by atoms with van der Waals surface area (Å²) in [5.74, 6) is 0. The molecule has 0 atom stereocenters. The number of hydrogen-bond acceptors (Lipinski definition) is 1. The highest BCUT2D eigenvalue weighted by atomic mass is 79.9. The van der Waals surface area contributed by atoms with E-state index in [9.17, 15) is 5.21 Å². The molecule has 1 aromatic heterocycles. The van der Waals surface area contributed by atoms with Gasteiger partial charge in [0, 0.05) is 0 Å². The summed E-state index contributed by atoms with van der Waals surface area (Å²) in [6, 6.07) is 1.65. The van der Waals surface area contributed by atoms with Crippen LogP contribution in [-0.4, -0.2) is 0 Å². The molecule has 1 aromatic rings. The van der Waals surface area contributed by atoms with Gasteiger partial charge in [-0.05, 0) is 22.0 Å². The van der Waals surface area contributed by atoms with E-state index in [1.165, 1.54) is 12.4 Å². The van der Waals surface area contributed by atoms with Crippen molar-refractivity contribution < 1.29 is 4.73 Å². The van der Waals surface area contributed by atoms with Gasteiger partial charge in [0.05, 0.1) is 4.47 Å². The van der Waals surface area contributed by atoms with Crippen LogP contribution in [0.5, 0.6) is 0 Å². The van der Waals surface area contributed by atoms with Gasteiger partial charge in [0.1, 0.15) is 5.02 Å². The van der Waals surface area contributed by atoms with Crippen molar-refractivity contribution >= 4 is 27.5 Å². The van der Waals surface area contributed by atoms with Crippen LogP contribution in [0.4, 0.5) is 0 Å². The van der Waals surface area contributed by atoms with Crippen LogP contribution >= 0.6 is 27.5 Å². The fraction of sp³-hybridized carbons (Fsp3) is 0. The quantitative estimate of drug-likeness (QED) is 0.471. The molecule has 2 nitrogen and oxygen atoms in total. The van der Waals surface area contributed by atoms with Gasteiger partial charge >= 0.3 is 0 Å². The minimum absolute atomic E-state index is 0.430. The standard InChI is InChI=1S/C5H3BrClNO/c6-4-1-5(7)3-8(9)2-4/h1-3H. The van der Waals surface area contributed by atoms with Crippen LogP contribution in [0.1, 0.15) is 0 Å². The van der Waals surface area contributed by atoms with E-state index in [1.54, 1.807) is 6.07 Å². The maximum atomic E-state index is 10.5. The summed E-state index contributed by atoms with van der Waals surface area (Å²) >= 11 is 8.61. The molecule has 0 unspecified atom stereocenters. The van der Waals surface area contributed by atoms with E-state index >= 15 is 0 Å². The SMILES string of the molecule is [O-][n+]1cc(Cl)cc(Br)c1. The molecule has 0 aliphatic carbocycles. The lowest BCUT2D eigenvalue weighted by atomic mass is 10.5. The van der Waals surface area contributed by atoms with Gasteiger partial charge in [0.25, 0.3) is 0 Å². The Hall–Kier alpha value is -0.280. The first kappa shape index (κ1) is 6.83. The van der Waals surface area contributed by atoms with Crippen LogP contribution in [0.25, 0.3) is 0 Å². The monoisotopic (exact) mass is 207 g/mol. The van der Waals surface area contributed by atoms with Crippen LogP contribution in [0.15, 0.2) is 22.9 Å². The fourth-order valence-corrected chi connectivity index (χ4v) is 1.28. The molecule has 0 N–H and O–H groups in total. The largest absolute Gasteiger partial charge is 0.619 e. The molecule has 0 spiro atoms. The molecule has 48 valence electrons. The number of hydrogen-bond donors (Lipinski definition) is 0. The van der Waals surface area contributed by atoms with Crippen molar-refractivity contribution in [2.75, 3.05) is 0 Å². The molecule has 0 saturated carbocycles. The number of halogens is 2. The summed E-state index contributed by atoms with van der Waals surface area (Å²) in [6.45, 7) is 0. The Labute approximate surface area is 65.8 Å². The third kappa shape index (κ3) is 1.84. The van der Waals surface area contributed by atoms with Crippen molar-refractivity contribution in [3.05, 3.63) is 33.2 Å². The predicted octanol–water partition coefficient (Wildman–Crippen LogP) is 1.74. The van der Waals surface area contributed by atoms with Crippen molar-refractivity contribution in [2.45, 2.75) is 0 Å². The maximum absolute atomic E-state index is 10.5.